The number of carbonyl (C=O) groups is 4. The minimum absolute atomic E-state index is 0.112. The number of carbonyl (C=O) groups excluding carboxylic acids is 4. The van der Waals surface area contributed by atoms with Gasteiger partial charge in [0.05, 0.1) is 0 Å². The molecule has 0 atom stereocenters. The molecule has 0 saturated heterocycles. The zero-order valence-electron chi connectivity index (χ0n) is 25.7. The zero-order chi connectivity index (χ0) is 29.3. The van der Waals surface area contributed by atoms with Crippen LogP contribution in [0.2, 0.25) is 0 Å². The molecule has 0 amide bonds. The van der Waals surface area contributed by atoms with E-state index in [4.69, 9.17) is 0 Å². The molecule has 5 heteroatoms. The molecule has 0 spiro atoms. The van der Waals surface area contributed by atoms with Gasteiger partial charge in [-0.05, 0) is 18.4 Å². The smallest absolute Gasteiger partial charge is 0.134 e. The minimum Gasteiger partial charge on any atom is -0.300 e. The van der Waals surface area contributed by atoms with Crippen LogP contribution in [0.5, 0.6) is 0 Å². The number of hydrogen-bond donors (Lipinski definition) is 0. The SMILES string of the molecule is CCCCCCCCC(=O)CCC(=O)CCN(CCC(=O)CCC(=O)CCCCCCCC)Cc1ccccc1. The lowest BCUT2D eigenvalue weighted by atomic mass is 10.0. The van der Waals surface area contributed by atoms with Gasteiger partial charge in [0.1, 0.15) is 23.1 Å². The van der Waals surface area contributed by atoms with Crippen molar-refractivity contribution in [1.29, 1.82) is 0 Å². The summed E-state index contributed by atoms with van der Waals surface area (Å²) in [5, 5.41) is 0. The first-order chi connectivity index (χ1) is 19.4. The normalized spacial score (nSPS) is 11.2. The van der Waals surface area contributed by atoms with Crippen LogP contribution in [0.15, 0.2) is 30.3 Å². The number of unbranched alkanes of at least 4 members (excludes halogenated alkanes) is 10. The predicted molar refractivity (Wildman–Crippen MR) is 165 cm³/mol. The Balaban J connectivity index is 2.35. The van der Waals surface area contributed by atoms with Crippen molar-refractivity contribution in [2.24, 2.45) is 0 Å². The maximum absolute atomic E-state index is 12.5. The van der Waals surface area contributed by atoms with Gasteiger partial charge in [0.15, 0.2) is 0 Å². The maximum Gasteiger partial charge on any atom is 0.134 e. The van der Waals surface area contributed by atoms with Crippen LogP contribution in [0.4, 0.5) is 0 Å². The third-order valence-corrected chi connectivity index (χ3v) is 7.65. The quantitative estimate of drug-likeness (QED) is 0.0968. The Kier molecular flexibility index (Phi) is 22.1. The van der Waals surface area contributed by atoms with Gasteiger partial charge < -0.3 is 0 Å². The Morgan fingerprint density at radius 1 is 0.475 bits per heavy atom. The molecule has 0 heterocycles. The second kappa shape index (κ2) is 24.6. The predicted octanol–water partition coefficient (Wildman–Crippen LogP) is 8.61. The van der Waals surface area contributed by atoms with Crippen molar-refractivity contribution in [2.75, 3.05) is 13.1 Å². The molecular weight excluding hydrogens is 498 g/mol. The summed E-state index contributed by atoms with van der Waals surface area (Å²) in [4.78, 5) is 51.6. The van der Waals surface area contributed by atoms with E-state index in [9.17, 15) is 19.2 Å². The van der Waals surface area contributed by atoms with E-state index in [-0.39, 0.29) is 23.1 Å². The Morgan fingerprint density at radius 2 is 0.850 bits per heavy atom. The van der Waals surface area contributed by atoms with E-state index >= 15 is 0 Å². The van der Waals surface area contributed by atoms with Crippen molar-refractivity contribution in [3.63, 3.8) is 0 Å². The van der Waals surface area contributed by atoms with Gasteiger partial charge in [-0.1, -0.05) is 108 Å². The van der Waals surface area contributed by atoms with E-state index in [0.717, 1.165) is 31.2 Å². The molecule has 0 aliphatic carbocycles. The highest BCUT2D eigenvalue weighted by atomic mass is 16.1. The molecule has 0 saturated carbocycles. The van der Waals surface area contributed by atoms with Crippen molar-refractivity contribution in [1.82, 2.24) is 4.90 Å². The number of ketones is 4. The van der Waals surface area contributed by atoms with Gasteiger partial charge in [0, 0.05) is 71.0 Å². The Hall–Kier alpha value is -2.14. The van der Waals surface area contributed by atoms with Gasteiger partial charge in [-0.15, -0.1) is 0 Å². The molecule has 5 nitrogen and oxygen atoms in total. The van der Waals surface area contributed by atoms with Gasteiger partial charge in [-0.2, -0.15) is 0 Å². The molecule has 0 fully saturated rings. The van der Waals surface area contributed by atoms with Crippen molar-refractivity contribution >= 4 is 23.1 Å². The summed E-state index contributed by atoms with van der Waals surface area (Å²) < 4.78 is 0. The first-order valence-corrected chi connectivity index (χ1v) is 16.3. The standard InChI is InChI=1S/C35H57NO4/c1-3-5-7-9-11-16-20-32(37)22-24-34(39)26-28-36(30-31-18-14-13-15-19-31)29-27-35(40)25-23-33(38)21-17-12-10-8-6-4-2/h13-15,18-19H,3-12,16-17,20-30H2,1-2H3. The summed E-state index contributed by atoms with van der Waals surface area (Å²) in [6.45, 7) is 6.22. The molecule has 0 aliphatic heterocycles. The van der Waals surface area contributed by atoms with Crippen LogP contribution in [-0.2, 0) is 25.7 Å². The average Bonchev–Trinajstić information content (AvgIpc) is 2.96. The van der Waals surface area contributed by atoms with Crippen LogP contribution in [0.1, 0.15) is 148 Å². The monoisotopic (exact) mass is 555 g/mol. The highest BCUT2D eigenvalue weighted by molar-refractivity contribution is 5.86. The van der Waals surface area contributed by atoms with Crippen LogP contribution in [-0.4, -0.2) is 41.1 Å². The van der Waals surface area contributed by atoms with Gasteiger partial charge in [-0.25, -0.2) is 0 Å². The Labute approximate surface area is 244 Å². The molecule has 0 unspecified atom stereocenters. The molecule has 0 bridgehead atoms. The lowest BCUT2D eigenvalue weighted by molar-refractivity contribution is -0.125. The summed E-state index contributed by atoms with van der Waals surface area (Å²) in [6.07, 6.45) is 17.2. The van der Waals surface area contributed by atoms with Gasteiger partial charge in [0.25, 0.3) is 0 Å². The van der Waals surface area contributed by atoms with E-state index in [0.29, 0.717) is 71.0 Å². The number of benzene rings is 1. The van der Waals surface area contributed by atoms with Gasteiger partial charge >= 0.3 is 0 Å². The fourth-order valence-corrected chi connectivity index (χ4v) is 4.94. The van der Waals surface area contributed by atoms with Crippen LogP contribution < -0.4 is 0 Å². The molecule has 226 valence electrons. The molecule has 0 radical (unpaired) electrons. The highest BCUT2D eigenvalue weighted by Gasteiger charge is 2.14. The van der Waals surface area contributed by atoms with E-state index in [1.54, 1.807) is 0 Å². The molecule has 0 N–H and O–H groups in total. The molecule has 1 aromatic carbocycles. The number of rotatable bonds is 28. The second-order valence-corrected chi connectivity index (χ2v) is 11.5. The van der Waals surface area contributed by atoms with Crippen molar-refractivity contribution < 1.29 is 19.2 Å². The van der Waals surface area contributed by atoms with Crippen LogP contribution in [0, 0.1) is 0 Å². The summed E-state index contributed by atoms with van der Waals surface area (Å²) in [6, 6.07) is 10.1. The summed E-state index contributed by atoms with van der Waals surface area (Å²) >= 11 is 0. The first-order valence-electron chi connectivity index (χ1n) is 16.3. The molecular formula is C35H57NO4. The van der Waals surface area contributed by atoms with Crippen LogP contribution in [0.25, 0.3) is 0 Å². The zero-order valence-corrected chi connectivity index (χ0v) is 25.7. The maximum atomic E-state index is 12.5. The van der Waals surface area contributed by atoms with Gasteiger partial charge in [0.2, 0.25) is 0 Å². The van der Waals surface area contributed by atoms with Crippen LogP contribution in [0.3, 0.4) is 0 Å². The van der Waals surface area contributed by atoms with E-state index < -0.39 is 0 Å². The van der Waals surface area contributed by atoms with Gasteiger partial charge in [-0.3, -0.25) is 24.1 Å². The van der Waals surface area contributed by atoms with Crippen molar-refractivity contribution in [2.45, 2.75) is 149 Å². The fourth-order valence-electron chi connectivity index (χ4n) is 4.94. The third-order valence-electron chi connectivity index (χ3n) is 7.65. The molecule has 1 rings (SSSR count). The fraction of sp³-hybridized carbons (Fsp3) is 0.714. The van der Waals surface area contributed by atoms with E-state index in [2.05, 4.69) is 30.9 Å². The topological polar surface area (TPSA) is 71.5 Å². The molecule has 0 aliphatic rings. The summed E-state index contributed by atoms with van der Waals surface area (Å²) in [5.74, 6) is 0.616. The molecule has 1 aromatic rings. The van der Waals surface area contributed by atoms with E-state index in [1.807, 2.05) is 18.2 Å². The summed E-state index contributed by atoms with van der Waals surface area (Å²) in [5.41, 5.74) is 1.14. The first kappa shape index (κ1) is 35.9. The molecule has 40 heavy (non-hydrogen) atoms. The van der Waals surface area contributed by atoms with Crippen molar-refractivity contribution in [3.05, 3.63) is 35.9 Å². The lowest BCUT2D eigenvalue weighted by Crippen LogP contribution is -2.28. The Bertz CT molecular complexity index is 772. The Morgan fingerprint density at radius 3 is 1.27 bits per heavy atom. The largest absolute Gasteiger partial charge is 0.300 e. The number of nitrogens with zero attached hydrogens (tertiary/aromatic N) is 1. The average molecular weight is 556 g/mol. The van der Waals surface area contributed by atoms with Crippen LogP contribution >= 0.6 is 0 Å². The summed E-state index contributed by atoms with van der Waals surface area (Å²) in [7, 11) is 0. The van der Waals surface area contributed by atoms with E-state index in [1.165, 1.54) is 51.4 Å². The number of Topliss-reactive ketones (excluding diaryl/α,β-unsaturated/α-hetero) is 4. The number of hydrogen-bond acceptors (Lipinski definition) is 5. The second-order valence-electron chi connectivity index (χ2n) is 11.5. The van der Waals surface area contributed by atoms with Crippen molar-refractivity contribution in [3.8, 4) is 0 Å². The third kappa shape index (κ3) is 20.7. The lowest BCUT2D eigenvalue weighted by Gasteiger charge is -2.22. The molecule has 0 aromatic heterocycles. The highest BCUT2D eigenvalue weighted by Crippen LogP contribution is 2.12. The minimum atomic E-state index is 0.112.